The summed E-state index contributed by atoms with van der Waals surface area (Å²) in [6, 6.07) is 3.59. The van der Waals surface area contributed by atoms with E-state index in [1.807, 2.05) is 0 Å². The van der Waals surface area contributed by atoms with Crippen LogP contribution in [0.3, 0.4) is 0 Å². The second-order valence-corrected chi connectivity index (χ2v) is 3.42. The van der Waals surface area contributed by atoms with Gasteiger partial charge in [-0.1, -0.05) is 17.0 Å². The predicted molar refractivity (Wildman–Crippen MR) is 63.5 cm³/mol. The molecule has 1 aromatic carbocycles. The first-order valence-corrected chi connectivity index (χ1v) is 5.24. The molecule has 4 nitrogen and oxygen atoms in total. The number of benzene rings is 1. The van der Waals surface area contributed by atoms with Crippen molar-refractivity contribution in [3.8, 4) is 17.6 Å². The topological polar surface area (TPSA) is 58.0 Å². The van der Waals surface area contributed by atoms with Crippen molar-refractivity contribution < 1.29 is 17.9 Å². The molecule has 100 valence electrons. The SMILES string of the molecule is COc1ccc(C#CCCN=[N+]=[N-])cc1C(F)(F)F. The molecule has 0 aliphatic rings. The van der Waals surface area contributed by atoms with Gasteiger partial charge in [0.25, 0.3) is 0 Å². The lowest BCUT2D eigenvalue weighted by molar-refractivity contribution is -0.138. The minimum atomic E-state index is -4.49. The molecule has 7 heteroatoms. The lowest BCUT2D eigenvalue weighted by Crippen LogP contribution is -2.07. The number of hydrogen-bond acceptors (Lipinski definition) is 2. The molecule has 0 aromatic heterocycles. The minimum absolute atomic E-state index is 0.186. The van der Waals surface area contributed by atoms with E-state index in [1.54, 1.807) is 0 Å². The highest BCUT2D eigenvalue weighted by molar-refractivity contribution is 5.45. The molecule has 1 rings (SSSR count). The lowest BCUT2D eigenvalue weighted by atomic mass is 10.1. The van der Waals surface area contributed by atoms with E-state index < -0.39 is 11.7 Å². The van der Waals surface area contributed by atoms with Crippen LogP contribution in [-0.2, 0) is 6.18 Å². The second kappa shape index (κ2) is 6.57. The molecule has 0 atom stereocenters. The highest BCUT2D eigenvalue weighted by Gasteiger charge is 2.34. The van der Waals surface area contributed by atoms with E-state index in [4.69, 9.17) is 5.53 Å². The molecule has 19 heavy (non-hydrogen) atoms. The molecule has 0 saturated carbocycles. The van der Waals surface area contributed by atoms with Crippen molar-refractivity contribution in [2.24, 2.45) is 5.11 Å². The fourth-order valence-corrected chi connectivity index (χ4v) is 1.32. The van der Waals surface area contributed by atoms with Crippen molar-refractivity contribution >= 4 is 0 Å². The number of alkyl halides is 3. The van der Waals surface area contributed by atoms with Crippen molar-refractivity contribution in [1.29, 1.82) is 0 Å². The third-order valence-electron chi connectivity index (χ3n) is 2.14. The number of rotatable bonds is 3. The fourth-order valence-electron chi connectivity index (χ4n) is 1.32. The van der Waals surface area contributed by atoms with Gasteiger partial charge in [-0.2, -0.15) is 13.2 Å². The van der Waals surface area contributed by atoms with Crippen LogP contribution in [0.4, 0.5) is 13.2 Å². The Hall–Kier alpha value is -2.32. The van der Waals surface area contributed by atoms with Crippen LogP contribution in [-0.4, -0.2) is 13.7 Å². The summed E-state index contributed by atoms with van der Waals surface area (Å²) >= 11 is 0. The number of halogens is 3. The van der Waals surface area contributed by atoms with E-state index in [0.717, 1.165) is 6.07 Å². The Morgan fingerprint density at radius 3 is 2.74 bits per heavy atom. The summed E-state index contributed by atoms with van der Waals surface area (Å²) in [5.41, 5.74) is 7.40. The van der Waals surface area contributed by atoms with Crippen LogP contribution in [0.25, 0.3) is 10.4 Å². The van der Waals surface area contributed by atoms with Crippen LogP contribution in [0, 0.1) is 11.8 Å². The first-order chi connectivity index (χ1) is 8.99. The average Bonchev–Trinajstić information content (AvgIpc) is 2.37. The molecular weight excluding hydrogens is 259 g/mol. The highest BCUT2D eigenvalue weighted by Crippen LogP contribution is 2.36. The number of nitrogens with zero attached hydrogens (tertiary/aromatic N) is 3. The van der Waals surface area contributed by atoms with Gasteiger partial charge in [-0.15, -0.1) is 0 Å². The average molecular weight is 269 g/mol. The van der Waals surface area contributed by atoms with Crippen molar-refractivity contribution in [1.82, 2.24) is 0 Å². The molecule has 0 aliphatic carbocycles. The Kier molecular flexibility index (Phi) is 5.10. The molecular formula is C12H10F3N3O. The first-order valence-electron chi connectivity index (χ1n) is 5.24. The van der Waals surface area contributed by atoms with Gasteiger partial charge in [0.1, 0.15) is 5.75 Å². The van der Waals surface area contributed by atoms with Crippen molar-refractivity contribution in [2.45, 2.75) is 12.6 Å². The van der Waals surface area contributed by atoms with Crippen LogP contribution in [0.2, 0.25) is 0 Å². The van der Waals surface area contributed by atoms with Crippen LogP contribution >= 0.6 is 0 Å². The predicted octanol–water partition coefficient (Wildman–Crippen LogP) is 3.77. The Morgan fingerprint density at radius 2 is 2.16 bits per heavy atom. The van der Waals surface area contributed by atoms with E-state index in [-0.39, 0.29) is 24.3 Å². The van der Waals surface area contributed by atoms with E-state index in [0.29, 0.717) is 0 Å². The van der Waals surface area contributed by atoms with Gasteiger partial charge in [0.05, 0.1) is 12.7 Å². The van der Waals surface area contributed by atoms with Gasteiger partial charge in [0, 0.05) is 23.4 Å². The summed E-state index contributed by atoms with van der Waals surface area (Å²) < 4.78 is 42.8. The molecule has 0 fully saturated rings. The Bertz CT molecular complexity index is 552. The Balaban J connectivity index is 2.95. The van der Waals surface area contributed by atoms with Crippen LogP contribution < -0.4 is 4.74 Å². The van der Waals surface area contributed by atoms with E-state index in [2.05, 4.69) is 26.6 Å². The molecule has 0 saturated heterocycles. The number of hydrogen-bond donors (Lipinski definition) is 0. The Morgan fingerprint density at radius 1 is 1.42 bits per heavy atom. The van der Waals surface area contributed by atoms with E-state index in [1.165, 1.54) is 19.2 Å². The van der Waals surface area contributed by atoms with Gasteiger partial charge < -0.3 is 4.74 Å². The Labute approximate surface area is 107 Å². The van der Waals surface area contributed by atoms with Crippen LogP contribution in [0.1, 0.15) is 17.5 Å². The summed E-state index contributed by atoms with van der Waals surface area (Å²) in [7, 11) is 1.18. The molecule has 0 spiro atoms. The summed E-state index contributed by atoms with van der Waals surface area (Å²) in [5.74, 6) is 4.96. The third kappa shape index (κ3) is 4.45. The van der Waals surface area contributed by atoms with E-state index in [9.17, 15) is 13.2 Å². The third-order valence-corrected chi connectivity index (χ3v) is 2.14. The summed E-state index contributed by atoms with van der Waals surface area (Å²) in [5, 5.41) is 3.27. The van der Waals surface area contributed by atoms with E-state index >= 15 is 0 Å². The normalized spacial score (nSPS) is 10.1. The highest BCUT2D eigenvalue weighted by atomic mass is 19.4. The maximum absolute atomic E-state index is 12.7. The molecule has 0 N–H and O–H groups in total. The smallest absolute Gasteiger partial charge is 0.420 e. The number of methoxy groups -OCH3 is 1. The quantitative estimate of drug-likeness (QED) is 0.271. The van der Waals surface area contributed by atoms with Crippen molar-refractivity contribution in [2.75, 3.05) is 13.7 Å². The zero-order chi connectivity index (χ0) is 14.3. The fraction of sp³-hybridized carbons (Fsp3) is 0.333. The zero-order valence-corrected chi connectivity index (χ0v) is 10.0. The second-order valence-electron chi connectivity index (χ2n) is 3.42. The van der Waals surface area contributed by atoms with Crippen LogP contribution in [0.15, 0.2) is 23.3 Å². The van der Waals surface area contributed by atoms with Gasteiger partial charge in [0.2, 0.25) is 0 Å². The summed E-state index contributed by atoms with van der Waals surface area (Å²) in [6.07, 6.45) is -4.20. The molecule has 0 unspecified atom stereocenters. The number of azide groups is 1. The standard InChI is InChI=1S/C12H10F3N3O/c1-19-11-6-5-9(4-2-3-7-17-18-16)8-10(11)12(13,14)15/h5-6,8H,3,7H2,1H3. The molecule has 0 heterocycles. The van der Waals surface area contributed by atoms with Gasteiger partial charge in [-0.05, 0) is 23.7 Å². The minimum Gasteiger partial charge on any atom is -0.496 e. The molecule has 0 radical (unpaired) electrons. The molecule has 0 aliphatic heterocycles. The van der Waals surface area contributed by atoms with Crippen molar-refractivity contribution in [3.05, 3.63) is 39.8 Å². The first kappa shape index (κ1) is 14.7. The monoisotopic (exact) mass is 269 g/mol. The maximum Gasteiger partial charge on any atom is 0.420 e. The van der Waals surface area contributed by atoms with Crippen molar-refractivity contribution in [3.63, 3.8) is 0 Å². The van der Waals surface area contributed by atoms with Gasteiger partial charge in [-0.3, -0.25) is 0 Å². The van der Waals surface area contributed by atoms with Gasteiger partial charge in [-0.25, -0.2) is 0 Å². The van der Waals surface area contributed by atoms with Gasteiger partial charge in [0.15, 0.2) is 0 Å². The molecule has 0 bridgehead atoms. The maximum atomic E-state index is 12.7. The molecule has 0 amide bonds. The largest absolute Gasteiger partial charge is 0.496 e. The number of ether oxygens (including phenoxy) is 1. The summed E-state index contributed by atoms with van der Waals surface area (Å²) in [4.78, 5) is 2.54. The zero-order valence-electron chi connectivity index (χ0n) is 10.0. The summed E-state index contributed by atoms with van der Waals surface area (Å²) in [6.45, 7) is 0.186. The van der Waals surface area contributed by atoms with Gasteiger partial charge >= 0.3 is 6.18 Å². The lowest BCUT2D eigenvalue weighted by Gasteiger charge is -2.11. The molecule has 1 aromatic rings. The van der Waals surface area contributed by atoms with Crippen LogP contribution in [0.5, 0.6) is 5.75 Å².